The topological polar surface area (TPSA) is 43.2 Å². The summed E-state index contributed by atoms with van der Waals surface area (Å²) in [7, 11) is 1.57. The van der Waals surface area contributed by atoms with Crippen LogP contribution < -0.4 is 9.47 Å². The van der Waals surface area contributed by atoms with Gasteiger partial charge in [-0.1, -0.05) is 38.0 Å². The summed E-state index contributed by atoms with van der Waals surface area (Å²) in [6, 6.07) is 10.8. The number of nitrogens with zero attached hydrogens (tertiary/aromatic N) is 2. The summed E-state index contributed by atoms with van der Waals surface area (Å²) in [5.41, 5.74) is 2.69. The molecule has 0 unspecified atom stereocenters. The zero-order valence-electron chi connectivity index (χ0n) is 15.9. The maximum atomic E-state index is 5.92. The number of methoxy groups -OCH3 is 1. The molecule has 2 rings (SSSR count). The van der Waals surface area contributed by atoms with Crippen LogP contribution in [0.2, 0.25) is 0 Å². The predicted molar refractivity (Wildman–Crippen MR) is 109 cm³/mol. The van der Waals surface area contributed by atoms with Crippen molar-refractivity contribution in [3.63, 3.8) is 0 Å². The van der Waals surface area contributed by atoms with Crippen LogP contribution in [-0.4, -0.2) is 13.7 Å². The molecule has 0 saturated carbocycles. The third kappa shape index (κ3) is 5.90. The zero-order valence-corrected chi connectivity index (χ0v) is 15.9. The van der Waals surface area contributed by atoms with Crippen molar-refractivity contribution in [1.82, 2.24) is 0 Å². The second-order valence-corrected chi connectivity index (χ2v) is 5.96. The largest absolute Gasteiger partial charge is 0.495 e. The number of rotatable bonds is 9. The highest BCUT2D eigenvalue weighted by Crippen LogP contribution is 2.36. The molecule has 0 heterocycles. The molecule has 0 amide bonds. The van der Waals surface area contributed by atoms with E-state index in [-0.39, 0.29) is 0 Å². The number of ether oxygens (including phenoxy) is 2. The molecule has 0 aliphatic carbocycles. The van der Waals surface area contributed by atoms with Crippen molar-refractivity contribution in [3.8, 4) is 36.2 Å². The third-order valence-corrected chi connectivity index (χ3v) is 4.00. The van der Waals surface area contributed by atoms with Crippen molar-refractivity contribution in [1.29, 1.82) is 0 Å². The van der Waals surface area contributed by atoms with Crippen molar-refractivity contribution in [3.05, 3.63) is 47.5 Å². The molecular formula is C23H24N2O2. The molecule has 2 aromatic carbocycles. The Bertz CT molecular complexity index is 856. The Kier molecular flexibility index (Phi) is 7.94. The molecule has 4 nitrogen and oxygen atoms in total. The summed E-state index contributed by atoms with van der Waals surface area (Å²) in [5.74, 6) is 6.35. The second kappa shape index (κ2) is 10.7. The Morgan fingerprint density at radius 3 is 2.33 bits per heavy atom. The number of hydrogen-bond acceptors (Lipinski definition) is 4. The summed E-state index contributed by atoms with van der Waals surface area (Å²) >= 11 is 0. The quantitative estimate of drug-likeness (QED) is 0.311. The minimum absolute atomic E-state index is 0.562. The highest BCUT2D eigenvalue weighted by Gasteiger charge is 2.11. The lowest BCUT2D eigenvalue weighted by Gasteiger charge is -2.11. The molecular weight excluding hydrogens is 336 g/mol. The number of unbranched alkanes of at least 4 members (excludes halogenated alkanes) is 3. The van der Waals surface area contributed by atoms with Gasteiger partial charge in [0.1, 0.15) is 17.2 Å². The first kappa shape index (κ1) is 20.1. The van der Waals surface area contributed by atoms with E-state index in [4.69, 9.17) is 22.3 Å². The van der Waals surface area contributed by atoms with E-state index in [1.54, 1.807) is 19.2 Å². The maximum Gasteiger partial charge on any atom is 0.148 e. The van der Waals surface area contributed by atoms with Gasteiger partial charge >= 0.3 is 0 Å². The maximum absolute atomic E-state index is 5.92. The van der Waals surface area contributed by atoms with Gasteiger partial charge in [0.2, 0.25) is 0 Å². The smallest absolute Gasteiger partial charge is 0.148 e. The van der Waals surface area contributed by atoms with Gasteiger partial charge in [0.25, 0.3) is 0 Å². The monoisotopic (exact) mass is 360 g/mol. The Hall–Kier alpha value is -3.24. The fraction of sp³-hybridized carbons (Fsp3) is 0.304. The van der Waals surface area contributed by atoms with Crippen LogP contribution in [0.3, 0.4) is 0 Å². The van der Waals surface area contributed by atoms with E-state index in [0.29, 0.717) is 35.0 Å². The Morgan fingerprint density at radius 1 is 0.926 bits per heavy atom. The van der Waals surface area contributed by atoms with E-state index in [2.05, 4.69) is 29.0 Å². The summed E-state index contributed by atoms with van der Waals surface area (Å²) < 4.78 is 11.3. The van der Waals surface area contributed by atoms with Crippen LogP contribution in [0.4, 0.5) is 11.4 Å². The van der Waals surface area contributed by atoms with Crippen molar-refractivity contribution in [2.24, 2.45) is 10.2 Å². The minimum atomic E-state index is 0.562. The van der Waals surface area contributed by atoms with Gasteiger partial charge in [-0.25, -0.2) is 0 Å². The van der Waals surface area contributed by atoms with Gasteiger partial charge in [0.15, 0.2) is 0 Å². The highest BCUT2D eigenvalue weighted by molar-refractivity contribution is 5.62. The van der Waals surface area contributed by atoms with E-state index < -0.39 is 0 Å². The molecule has 0 atom stereocenters. The first-order chi connectivity index (χ1) is 13.2. The first-order valence-electron chi connectivity index (χ1n) is 9.01. The molecule has 0 fully saturated rings. The van der Waals surface area contributed by atoms with Gasteiger partial charge in [-0.2, -0.15) is 5.11 Å². The average Bonchev–Trinajstić information content (AvgIpc) is 2.72. The summed E-state index contributed by atoms with van der Waals surface area (Å²) in [4.78, 5) is 0. The molecule has 0 aliphatic heterocycles. The molecule has 0 radical (unpaired) electrons. The molecule has 138 valence electrons. The fourth-order valence-corrected chi connectivity index (χ4v) is 2.47. The Balaban J connectivity index is 2.24. The van der Waals surface area contributed by atoms with Crippen molar-refractivity contribution in [2.75, 3.05) is 13.7 Å². The molecule has 0 saturated heterocycles. The van der Waals surface area contributed by atoms with E-state index in [0.717, 1.165) is 18.4 Å². The Morgan fingerprint density at radius 2 is 1.70 bits per heavy atom. The van der Waals surface area contributed by atoms with E-state index in [1.165, 1.54) is 12.8 Å². The van der Waals surface area contributed by atoms with Crippen LogP contribution in [0.1, 0.15) is 43.7 Å². The molecule has 0 N–H and O–H groups in total. The van der Waals surface area contributed by atoms with Crippen LogP contribution in [0.15, 0.2) is 46.6 Å². The first-order valence-corrected chi connectivity index (χ1v) is 9.01. The average molecular weight is 360 g/mol. The van der Waals surface area contributed by atoms with Gasteiger partial charge in [-0.3, -0.25) is 0 Å². The lowest BCUT2D eigenvalue weighted by molar-refractivity contribution is 0.305. The second-order valence-electron chi connectivity index (χ2n) is 5.96. The Labute approximate surface area is 161 Å². The SMILES string of the molecule is C#Cc1ccc(N=Nc2cc(OC)c(C#C)cc2OCCCCCC)cc1. The van der Waals surface area contributed by atoms with Crippen molar-refractivity contribution < 1.29 is 9.47 Å². The van der Waals surface area contributed by atoms with Gasteiger partial charge < -0.3 is 9.47 Å². The molecule has 0 aromatic heterocycles. The minimum Gasteiger partial charge on any atom is -0.495 e. The number of terminal acetylenes is 2. The lowest BCUT2D eigenvalue weighted by Crippen LogP contribution is -1.99. The summed E-state index contributed by atoms with van der Waals surface area (Å²) in [5, 5.41) is 8.60. The van der Waals surface area contributed by atoms with E-state index in [1.807, 2.05) is 24.3 Å². The van der Waals surface area contributed by atoms with E-state index >= 15 is 0 Å². The number of hydrogen-bond donors (Lipinski definition) is 0. The van der Waals surface area contributed by atoms with Crippen LogP contribution in [0, 0.1) is 24.7 Å². The zero-order chi connectivity index (χ0) is 19.5. The van der Waals surface area contributed by atoms with E-state index in [9.17, 15) is 0 Å². The number of benzene rings is 2. The molecule has 4 heteroatoms. The van der Waals surface area contributed by atoms with Crippen molar-refractivity contribution >= 4 is 11.4 Å². The predicted octanol–water partition coefficient (Wildman–Crippen LogP) is 6.03. The van der Waals surface area contributed by atoms with Gasteiger partial charge in [0, 0.05) is 17.7 Å². The lowest BCUT2D eigenvalue weighted by atomic mass is 10.1. The fourth-order valence-electron chi connectivity index (χ4n) is 2.47. The van der Waals surface area contributed by atoms with Crippen molar-refractivity contribution in [2.45, 2.75) is 32.6 Å². The van der Waals surface area contributed by atoms with Gasteiger partial charge in [-0.05, 0) is 30.7 Å². The molecule has 0 aliphatic rings. The normalized spacial score (nSPS) is 10.4. The summed E-state index contributed by atoms with van der Waals surface area (Å²) in [6.07, 6.45) is 15.4. The van der Waals surface area contributed by atoms with Crippen LogP contribution in [0.5, 0.6) is 11.5 Å². The standard InChI is InChI=1S/C23H24N2O2/c1-5-8-9-10-15-27-23-16-19(7-3)22(26-4)17-21(23)25-24-20-13-11-18(6-2)12-14-20/h2-3,11-14,16-17H,5,8-10,15H2,1,4H3. The van der Waals surface area contributed by atoms with Crippen LogP contribution in [-0.2, 0) is 0 Å². The molecule has 0 spiro atoms. The third-order valence-electron chi connectivity index (χ3n) is 4.00. The van der Waals surface area contributed by atoms with Gasteiger partial charge in [-0.15, -0.1) is 18.0 Å². The molecule has 27 heavy (non-hydrogen) atoms. The molecule has 0 bridgehead atoms. The van der Waals surface area contributed by atoms with Crippen LogP contribution >= 0.6 is 0 Å². The summed E-state index contributed by atoms with van der Waals surface area (Å²) in [6.45, 7) is 2.79. The van der Waals surface area contributed by atoms with Gasteiger partial charge in [0.05, 0.1) is 25.0 Å². The molecule has 2 aromatic rings. The van der Waals surface area contributed by atoms with Crippen LogP contribution in [0.25, 0.3) is 0 Å². The highest BCUT2D eigenvalue weighted by atomic mass is 16.5. The number of azo groups is 1.